The van der Waals surface area contributed by atoms with E-state index in [0.717, 1.165) is 18.2 Å². The van der Waals surface area contributed by atoms with Crippen LogP contribution in [-0.4, -0.2) is 132 Å². The molecule has 1 aromatic heterocycles. The molecular formula is C36H36O18. The minimum atomic E-state index is -1.95. The highest BCUT2D eigenvalue weighted by Crippen LogP contribution is 2.37. The van der Waals surface area contributed by atoms with Gasteiger partial charge in [0.2, 0.25) is 23.8 Å². The number of carbonyl (C=O) groups is 1. The molecule has 0 radical (unpaired) electrons. The molecule has 6 rings (SSSR count). The van der Waals surface area contributed by atoms with Gasteiger partial charge in [-0.1, -0.05) is 12.1 Å². The smallest absolute Gasteiger partial charge is 0.330 e. The summed E-state index contributed by atoms with van der Waals surface area (Å²) in [7, 11) is 0. The summed E-state index contributed by atoms with van der Waals surface area (Å²) in [6.07, 6.45) is -13.9. The van der Waals surface area contributed by atoms with Gasteiger partial charge < -0.3 is 79.2 Å². The Morgan fingerprint density at radius 1 is 0.722 bits per heavy atom. The molecule has 18 nitrogen and oxygen atoms in total. The van der Waals surface area contributed by atoms with Crippen LogP contribution in [0.25, 0.3) is 28.4 Å². The van der Waals surface area contributed by atoms with E-state index in [0.29, 0.717) is 5.56 Å². The molecule has 54 heavy (non-hydrogen) atoms. The molecule has 0 bridgehead atoms. The fourth-order valence-electron chi connectivity index (χ4n) is 5.78. The number of aliphatic hydroxyl groups excluding tert-OH is 7. The number of hydrogen-bond acceptors (Lipinski definition) is 18. The molecule has 0 amide bonds. The quantitative estimate of drug-likeness (QED) is 0.0700. The number of hydrogen-bond donors (Lipinski definition) is 10. The van der Waals surface area contributed by atoms with Crippen LogP contribution in [0.2, 0.25) is 0 Å². The van der Waals surface area contributed by atoms with Gasteiger partial charge in [0.05, 0.1) is 6.61 Å². The van der Waals surface area contributed by atoms with Crippen molar-refractivity contribution in [1.29, 1.82) is 0 Å². The lowest BCUT2D eigenvalue weighted by molar-refractivity contribution is -0.278. The Morgan fingerprint density at radius 3 is 1.98 bits per heavy atom. The van der Waals surface area contributed by atoms with E-state index in [9.17, 15) is 60.7 Å². The lowest BCUT2D eigenvalue weighted by Crippen LogP contribution is -2.60. The van der Waals surface area contributed by atoms with Crippen molar-refractivity contribution in [3.05, 3.63) is 82.5 Å². The number of phenolic OH excluding ortho intramolecular Hbond substituents is 3. The molecule has 2 saturated heterocycles. The maximum Gasteiger partial charge on any atom is 0.330 e. The van der Waals surface area contributed by atoms with Crippen LogP contribution in [0, 0.1) is 0 Å². The van der Waals surface area contributed by atoms with E-state index < -0.39 is 109 Å². The normalized spacial score (nSPS) is 28.6. The number of fused-ring (bicyclic) bond motifs is 1. The van der Waals surface area contributed by atoms with Gasteiger partial charge in [-0.2, -0.15) is 0 Å². The van der Waals surface area contributed by atoms with Crippen LogP contribution in [0.4, 0.5) is 0 Å². The number of carbonyl (C=O) groups excluding carboxylic acids is 1. The summed E-state index contributed by atoms with van der Waals surface area (Å²) in [5.41, 5.74) is -0.531. The van der Waals surface area contributed by atoms with E-state index >= 15 is 0 Å². The molecule has 18 heteroatoms. The summed E-state index contributed by atoms with van der Waals surface area (Å²) in [4.78, 5) is 26.2. The van der Waals surface area contributed by atoms with Crippen LogP contribution in [0.1, 0.15) is 5.56 Å². The second kappa shape index (κ2) is 16.0. The second-order valence-electron chi connectivity index (χ2n) is 12.5. The second-order valence-corrected chi connectivity index (χ2v) is 12.5. The van der Waals surface area contributed by atoms with Crippen LogP contribution in [0.5, 0.6) is 28.7 Å². The van der Waals surface area contributed by atoms with E-state index in [1.807, 2.05) is 0 Å². The standard InChI is InChI=1S/C36H36O18/c37-13-22-26(42)29(45)31(47)35(52-22)50-19-8-1-15(2-9-19)3-10-24(41)49-14-23-27(43)30(46)32(48)36(53-23)54-34-28(44)25-20(40)11-18(39)12-21(25)51-33(34)16-4-6-17(38)7-5-16/h1-12,22-23,26-27,29-32,35-40,42-43,45-48H,13-14H2/b10-3+/t22-,23-,26-,27-,29?,30?,31?,32?,35-,36+/m1/s1. The molecule has 2 aliphatic heterocycles. The molecule has 288 valence electrons. The van der Waals surface area contributed by atoms with E-state index in [4.69, 9.17) is 28.1 Å². The molecule has 0 aliphatic carbocycles. The lowest BCUT2D eigenvalue weighted by Gasteiger charge is -2.39. The number of phenols is 3. The minimum Gasteiger partial charge on any atom is -0.508 e. The van der Waals surface area contributed by atoms with E-state index in [-0.39, 0.29) is 28.4 Å². The Balaban J connectivity index is 1.13. The fourth-order valence-corrected chi connectivity index (χ4v) is 5.78. The van der Waals surface area contributed by atoms with Gasteiger partial charge in [-0.15, -0.1) is 0 Å². The number of esters is 1. The highest BCUT2D eigenvalue weighted by Gasteiger charge is 2.47. The average Bonchev–Trinajstić information content (AvgIpc) is 3.15. The lowest BCUT2D eigenvalue weighted by atomic mass is 9.99. The summed E-state index contributed by atoms with van der Waals surface area (Å²) in [5, 5.41) is 101. The number of rotatable bonds is 10. The number of benzene rings is 3. The molecule has 4 aromatic rings. The first kappa shape index (κ1) is 38.4. The zero-order valence-electron chi connectivity index (χ0n) is 27.9. The molecular weight excluding hydrogens is 720 g/mol. The summed E-state index contributed by atoms with van der Waals surface area (Å²) in [5.74, 6) is -2.78. The van der Waals surface area contributed by atoms with Crippen molar-refractivity contribution in [2.24, 2.45) is 0 Å². The van der Waals surface area contributed by atoms with Crippen LogP contribution in [-0.2, 0) is 19.0 Å². The molecule has 10 atom stereocenters. The number of aromatic hydroxyl groups is 3. The van der Waals surface area contributed by atoms with Crippen molar-refractivity contribution in [1.82, 2.24) is 0 Å². The van der Waals surface area contributed by atoms with Crippen LogP contribution in [0.15, 0.2) is 76.0 Å². The van der Waals surface area contributed by atoms with Gasteiger partial charge in [0.15, 0.2) is 5.76 Å². The van der Waals surface area contributed by atoms with E-state index in [2.05, 4.69) is 0 Å². The summed E-state index contributed by atoms with van der Waals surface area (Å²) < 4.78 is 33.2. The van der Waals surface area contributed by atoms with Crippen molar-refractivity contribution in [2.45, 2.75) is 61.4 Å². The van der Waals surface area contributed by atoms with Gasteiger partial charge in [-0.3, -0.25) is 4.79 Å². The van der Waals surface area contributed by atoms with Gasteiger partial charge in [-0.05, 0) is 48.0 Å². The van der Waals surface area contributed by atoms with Crippen molar-refractivity contribution in [3.63, 3.8) is 0 Å². The molecule has 3 aromatic carbocycles. The molecule has 10 N–H and O–H groups in total. The van der Waals surface area contributed by atoms with Crippen LogP contribution >= 0.6 is 0 Å². The van der Waals surface area contributed by atoms with Gasteiger partial charge in [-0.25, -0.2) is 4.79 Å². The Bertz CT molecular complexity index is 2030. The van der Waals surface area contributed by atoms with Crippen molar-refractivity contribution < 1.29 is 84.0 Å². The molecule has 3 heterocycles. The van der Waals surface area contributed by atoms with Crippen molar-refractivity contribution in [3.8, 4) is 40.1 Å². The van der Waals surface area contributed by atoms with Crippen LogP contribution in [0.3, 0.4) is 0 Å². The third-order valence-corrected chi connectivity index (χ3v) is 8.73. The van der Waals surface area contributed by atoms with E-state index in [1.54, 1.807) is 0 Å². The van der Waals surface area contributed by atoms with Crippen LogP contribution < -0.4 is 14.9 Å². The predicted octanol–water partition coefficient (Wildman–Crippen LogP) is -0.802. The Labute approximate surface area is 304 Å². The van der Waals surface area contributed by atoms with Gasteiger partial charge in [0.1, 0.15) is 89.4 Å². The van der Waals surface area contributed by atoms with Crippen molar-refractivity contribution in [2.75, 3.05) is 13.2 Å². The predicted molar refractivity (Wildman–Crippen MR) is 181 cm³/mol. The first-order chi connectivity index (χ1) is 25.7. The van der Waals surface area contributed by atoms with Gasteiger partial charge >= 0.3 is 5.97 Å². The molecule has 0 saturated carbocycles. The van der Waals surface area contributed by atoms with Gasteiger partial charge in [0.25, 0.3) is 0 Å². The number of aliphatic hydroxyl groups is 7. The third kappa shape index (κ3) is 7.97. The molecule has 0 spiro atoms. The zero-order chi connectivity index (χ0) is 38.8. The fraction of sp³-hybridized carbons (Fsp3) is 0.333. The first-order valence-electron chi connectivity index (χ1n) is 16.4. The molecule has 2 fully saturated rings. The highest BCUT2D eigenvalue weighted by molar-refractivity contribution is 5.88. The van der Waals surface area contributed by atoms with Crippen molar-refractivity contribution >= 4 is 23.0 Å². The van der Waals surface area contributed by atoms with E-state index in [1.165, 1.54) is 54.6 Å². The SMILES string of the molecule is O=C(/C=C/c1ccc(O[C@@H]2O[C@H](CO)[C@@H](O)C(O)C2O)cc1)OC[C@H]1O[C@@H](Oc2c(-c3ccc(O)cc3)oc3cc(O)cc(O)c3c2=O)C(O)C(O)[C@@H]1O. The first-order valence-corrected chi connectivity index (χ1v) is 16.4. The zero-order valence-corrected chi connectivity index (χ0v) is 27.9. The maximum atomic E-state index is 13.7. The monoisotopic (exact) mass is 756 g/mol. The third-order valence-electron chi connectivity index (χ3n) is 8.73. The summed E-state index contributed by atoms with van der Waals surface area (Å²) >= 11 is 0. The maximum absolute atomic E-state index is 13.7. The largest absolute Gasteiger partial charge is 0.508 e. The molecule has 4 unspecified atom stereocenters. The summed E-state index contributed by atoms with van der Waals surface area (Å²) in [6.45, 7) is -1.28. The average molecular weight is 757 g/mol. The summed E-state index contributed by atoms with van der Waals surface area (Å²) in [6, 6.07) is 13.2. The topological polar surface area (TPSA) is 296 Å². The highest BCUT2D eigenvalue weighted by atomic mass is 16.7. The number of ether oxygens (including phenoxy) is 5. The minimum absolute atomic E-state index is 0.118. The van der Waals surface area contributed by atoms with Gasteiger partial charge in [0, 0.05) is 23.8 Å². The Kier molecular flexibility index (Phi) is 11.4. The molecule has 2 aliphatic rings. The Morgan fingerprint density at radius 2 is 1.33 bits per heavy atom. The Hall–Kier alpha value is -5.28.